The van der Waals surface area contributed by atoms with E-state index in [0.717, 1.165) is 5.69 Å². The van der Waals surface area contributed by atoms with E-state index in [4.69, 9.17) is 0 Å². The van der Waals surface area contributed by atoms with Crippen LogP contribution in [-0.4, -0.2) is 34.5 Å². The Hall–Kier alpha value is -2.76. The summed E-state index contributed by atoms with van der Waals surface area (Å²) in [4.78, 5) is 20.4. The molecule has 0 radical (unpaired) electrons. The molecule has 0 bridgehead atoms. The van der Waals surface area contributed by atoms with Gasteiger partial charge in [-0.1, -0.05) is 12.6 Å². The highest BCUT2D eigenvalue weighted by Gasteiger charge is 2.34. The molecule has 6 heteroatoms. The Labute approximate surface area is 136 Å². The van der Waals surface area contributed by atoms with Crippen molar-refractivity contribution < 1.29 is 4.79 Å². The van der Waals surface area contributed by atoms with Gasteiger partial charge in [-0.25, -0.2) is 0 Å². The molecular weight excluding hydrogens is 290 g/mol. The van der Waals surface area contributed by atoms with Crippen LogP contribution in [0.25, 0.3) is 0 Å². The third kappa shape index (κ3) is 2.27. The lowest BCUT2D eigenvalue weighted by atomic mass is 10.1. The fourth-order valence-electron chi connectivity index (χ4n) is 2.64. The van der Waals surface area contributed by atoms with Crippen LogP contribution in [0.1, 0.15) is 21.6 Å². The Bertz CT molecular complexity index is 821. The number of aromatic nitrogens is 2. The third-order valence-corrected chi connectivity index (χ3v) is 4.44. The number of aryl methyl sites for hydroxylation is 2. The average Bonchev–Trinajstić information content (AvgIpc) is 2.84. The van der Waals surface area contributed by atoms with Gasteiger partial charge in [0, 0.05) is 26.8 Å². The van der Waals surface area contributed by atoms with Gasteiger partial charge in [0.05, 0.1) is 0 Å². The van der Waals surface area contributed by atoms with Crippen molar-refractivity contribution >= 4 is 23.4 Å². The molecule has 0 aliphatic carbocycles. The number of fused-ring (bicyclic) bond motifs is 1. The van der Waals surface area contributed by atoms with Gasteiger partial charge in [-0.3, -0.25) is 9.69 Å². The number of rotatable bonds is 2. The van der Waals surface area contributed by atoms with Crippen molar-refractivity contribution in [2.45, 2.75) is 13.8 Å². The van der Waals surface area contributed by atoms with Crippen LogP contribution >= 0.6 is 0 Å². The Morgan fingerprint density at radius 1 is 1.09 bits per heavy atom. The summed E-state index contributed by atoms with van der Waals surface area (Å²) in [6, 6.07) is 6.14. The summed E-state index contributed by atoms with van der Waals surface area (Å²) in [5.41, 5.74) is 3.94. The molecule has 1 aromatic carbocycles. The van der Waals surface area contributed by atoms with Crippen molar-refractivity contribution in [3.8, 4) is 0 Å². The maximum Gasteiger partial charge on any atom is 0.279 e. The lowest BCUT2D eigenvalue weighted by molar-refractivity contribution is 0.0817. The normalized spacial score (nSPS) is 14.3. The minimum Gasteiger partial charge on any atom is -0.326 e. The Morgan fingerprint density at radius 2 is 1.78 bits per heavy atom. The quantitative estimate of drug-likeness (QED) is 0.926. The molecule has 1 amide bonds. The van der Waals surface area contributed by atoms with Crippen LogP contribution in [0.3, 0.4) is 0 Å². The molecule has 2 heterocycles. The summed E-state index contributed by atoms with van der Waals surface area (Å²) in [7, 11) is 5.41. The number of imidazole rings is 1. The average molecular weight is 311 g/mol. The number of nitrogens with one attached hydrogen (secondary N) is 1. The number of anilines is 3. The highest BCUT2D eigenvalue weighted by molar-refractivity contribution is 6.01. The van der Waals surface area contributed by atoms with Crippen molar-refractivity contribution in [3.63, 3.8) is 0 Å². The van der Waals surface area contributed by atoms with Crippen molar-refractivity contribution in [2.24, 2.45) is 7.05 Å². The van der Waals surface area contributed by atoms with E-state index < -0.39 is 0 Å². The first-order valence-corrected chi connectivity index (χ1v) is 7.43. The van der Waals surface area contributed by atoms with Gasteiger partial charge in [-0.05, 0) is 37.1 Å². The van der Waals surface area contributed by atoms with E-state index in [1.165, 1.54) is 16.0 Å². The lowest BCUT2D eigenvalue weighted by Crippen LogP contribution is -2.40. The number of carbonyl (C=O) groups excluding carboxylic acids is 1. The van der Waals surface area contributed by atoms with E-state index in [0.29, 0.717) is 23.3 Å². The second-order valence-corrected chi connectivity index (χ2v) is 5.93. The first kappa shape index (κ1) is 15.1. The van der Waals surface area contributed by atoms with E-state index in [1.54, 1.807) is 11.6 Å². The first-order chi connectivity index (χ1) is 10.8. The maximum absolute atomic E-state index is 12.5. The van der Waals surface area contributed by atoms with Crippen LogP contribution in [0.4, 0.5) is 17.5 Å². The zero-order valence-electron chi connectivity index (χ0n) is 14.1. The molecule has 0 unspecified atom stereocenters. The number of hydrogen-bond acceptors (Lipinski definition) is 4. The molecule has 2 aromatic rings. The van der Waals surface area contributed by atoms with Crippen LogP contribution in [0.5, 0.6) is 0 Å². The molecule has 1 aliphatic heterocycles. The van der Waals surface area contributed by atoms with Gasteiger partial charge < -0.3 is 14.8 Å². The van der Waals surface area contributed by atoms with Crippen LogP contribution < -0.4 is 10.2 Å². The molecule has 6 nitrogen and oxygen atoms in total. The first-order valence-electron chi connectivity index (χ1n) is 7.43. The van der Waals surface area contributed by atoms with E-state index in [9.17, 15) is 4.79 Å². The fraction of sp³-hybridized carbons (Fsp3) is 0.294. The van der Waals surface area contributed by atoms with Crippen LogP contribution in [-0.2, 0) is 7.05 Å². The van der Waals surface area contributed by atoms with E-state index in [1.807, 2.05) is 25.1 Å². The Balaban J connectivity index is 2.03. The number of amides is 1. The summed E-state index contributed by atoms with van der Waals surface area (Å²) in [5.74, 6) is 1.75. The molecule has 1 N–H and O–H groups in total. The van der Waals surface area contributed by atoms with E-state index >= 15 is 0 Å². The minimum absolute atomic E-state index is 0.105. The Kier molecular flexibility index (Phi) is 3.39. The van der Waals surface area contributed by atoms with Gasteiger partial charge >= 0.3 is 0 Å². The largest absolute Gasteiger partial charge is 0.326 e. The number of hydrogen-bond donors (Lipinski definition) is 1. The SMILES string of the molecule is C=C1N(C)C(=O)c2c(nc(Nc3ccc(C)c(C)c3)n2C)N1C. The molecule has 1 aliphatic rings. The molecule has 0 saturated carbocycles. The molecule has 0 saturated heterocycles. The van der Waals surface area contributed by atoms with Gasteiger partial charge in [-0.15, -0.1) is 0 Å². The molecule has 3 rings (SSSR count). The second kappa shape index (κ2) is 5.15. The summed E-state index contributed by atoms with van der Waals surface area (Å²) >= 11 is 0. The summed E-state index contributed by atoms with van der Waals surface area (Å²) in [6.45, 7) is 8.08. The molecule has 0 spiro atoms. The smallest absolute Gasteiger partial charge is 0.279 e. The van der Waals surface area contributed by atoms with Gasteiger partial charge in [0.25, 0.3) is 5.91 Å². The van der Waals surface area contributed by atoms with E-state index in [2.05, 4.69) is 42.9 Å². The topological polar surface area (TPSA) is 53.4 Å². The number of benzene rings is 1. The summed E-state index contributed by atoms with van der Waals surface area (Å²) in [6.07, 6.45) is 0. The van der Waals surface area contributed by atoms with Crippen molar-refractivity contribution in [1.82, 2.24) is 14.5 Å². The predicted octanol–water partition coefficient (Wildman–Crippen LogP) is 2.77. The number of carbonyl (C=O) groups is 1. The minimum atomic E-state index is -0.105. The number of nitrogens with zero attached hydrogens (tertiary/aromatic N) is 4. The Morgan fingerprint density at radius 3 is 2.43 bits per heavy atom. The van der Waals surface area contributed by atoms with E-state index in [-0.39, 0.29) is 5.91 Å². The van der Waals surface area contributed by atoms with Gasteiger partial charge in [-0.2, -0.15) is 4.98 Å². The van der Waals surface area contributed by atoms with Gasteiger partial charge in [0.2, 0.25) is 5.95 Å². The van der Waals surface area contributed by atoms with Crippen molar-refractivity contribution in [2.75, 3.05) is 24.3 Å². The van der Waals surface area contributed by atoms with Gasteiger partial charge in [0.15, 0.2) is 11.5 Å². The molecular formula is C17H21N5O. The van der Waals surface area contributed by atoms with Crippen LogP contribution in [0.15, 0.2) is 30.6 Å². The molecule has 23 heavy (non-hydrogen) atoms. The van der Waals surface area contributed by atoms with Gasteiger partial charge in [0.1, 0.15) is 5.82 Å². The standard InChI is InChI=1S/C17H21N5O/c1-10-7-8-13(9-11(10)2)18-17-19-15-14(22(17)6)16(23)21(5)12(3)20(15)4/h7-9H,3H2,1-2,4-6H3,(H,18,19). The zero-order chi connectivity index (χ0) is 16.9. The monoisotopic (exact) mass is 311 g/mol. The molecule has 120 valence electrons. The highest BCUT2D eigenvalue weighted by atomic mass is 16.2. The van der Waals surface area contributed by atoms with Crippen molar-refractivity contribution in [1.29, 1.82) is 0 Å². The van der Waals surface area contributed by atoms with Crippen LogP contribution in [0.2, 0.25) is 0 Å². The van der Waals surface area contributed by atoms with Crippen LogP contribution in [0, 0.1) is 13.8 Å². The summed E-state index contributed by atoms with van der Waals surface area (Å²) < 4.78 is 1.78. The third-order valence-electron chi connectivity index (χ3n) is 4.44. The molecule has 0 fully saturated rings. The molecule has 0 atom stereocenters. The second-order valence-electron chi connectivity index (χ2n) is 5.93. The highest BCUT2D eigenvalue weighted by Crippen LogP contribution is 2.32. The van der Waals surface area contributed by atoms with Crippen molar-refractivity contribution in [3.05, 3.63) is 47.4 Å². The zero-order valence-corrected chi connectivity index (χ0v) is 14.1. The fourth-order valence-corrected chi connectivity index (χ4v) is 2.64. The maximum atomic E-state index is 12.5. The lowest BCUT2D eigenvalue weighted by Gasteiger charge is -2.32. The predicted molar refractivity (Wildman–Crippen MR) is 92.0 cm³/mol. The molecule has 1 aromatic heterocycles. The summed E-state index contributed by atoms with van der Waals surface area (Å²) in [5, 5.41) is 3.29.